The molecular weight excluding hydrogens is 586 g/mol. The van der Waals surface area contributed by atoms with Crippen molar-refractivity contribution < 1.29 is 61.9 Å². The molecule has 0 aromatic heterocycles. The number of carbonyl (C=O) groups is 6. The molecule has 1 saturated heterocycles. The topological polar surface area (TPSA) is 203 Å². The van der Waals surface area contributed by atoms with Gasteiger partial charge in [0.1, 0.15) is 24.4 Å². The maximum atomic E-state index is 12.1. The number of esters is 3. The first-order valence-electron chi connectivity index (χ1n) is 14.4. The van der Waals surface area contributed by atoms with E-state index in [4.69, 9.17) is 33.2 Å². The van der Waals surface area contributed by atoms with E-state index in [1.807, 2.05) is 0 Å². The Kier molecular flexibility index (Phi) is 17.3. The first-order valence-corrected chi connectivity index (χ1v) is 14.4. The van der Waals surface area contributed by atoms with Gasteiger partial charge in [0, 0.05) is 47.2 Å². The molecule has 0 saturated carbocycles. The Morgan fingerprint density at radius 3 is 1.95 bits per heavy atom. The normalized spacial score (nSPS) is 21.4. The SMILES string of the molecule is CC(=O)NC1C(OCCOCCC(=O)NCCCCNC(=O)OC(C)(C)C)OC(COC(C)=O)C(OC(C)=O)C1OC(C)=O. The Hall–Kier alpha value is -3.50. The summed E-state index contributed by atoms with van der Waals surface area (Å²) < 4.78 is 38.1. The third-order valence-corrected chi connectivity index (χ3v) is 5.65. The predicted molar refractivity (Wildman–Crippen MR) is 152 cm³/mol. The lowest BCUT2D eigenvalue weighted by Crippen LogP contribution is -2.66. The summed E-state index contributed by atoms with van der Waals surface area (Å²) in [5, 5.41) is 8.03. The Morgan fingerprint density at radius 2 is 1.39 bits per heavy atom. The van der Waals surface area contributed by atoms with Gasteiger partial charge >= 0.3 is 24.0 Å². The molecule has 1 heterocycles. The smallest absolute Gasteiger partial charge is 0.407 e. The van der Waals surface area contributed by atoms with E-state index in [1.54, 1.807) is 20.8 Å². The van der Waals surface area contributed by atoms with Crippen molar-refractivity contribution in [3.8, 4) is 0 Å². The molecule has 16 nitrogen and oxygen atoms in total. The van der Waals surface area contributed by atoms with Crippen molar-refractivity contribution in [3.05, 3.63) is 0 Å². The van der Waals surface area contributed by atoms with E-state index in [9.17, 15) is 28.8 Å². The van der Waals surface area contributed by atoms with Gasteiger partial charge in [-0.2, -0.15) is 0 Å². The van der Waals surface area contributed by atoms with Crippen molar-refractivity contribution in [2.75, 3.05) is 39.5 Å². The Morgan fingerprint density at radius 1 is 0.773 bits per heavy atom. The molecule has 0 aromatic carbocycles. The summed E-state index contributed by atoms with van der Waals surface area (Å²) in [4.78, 5) is 70.8. The summed E-state index contributed by atoms with van der Waals surface area (Å²) in [5.74, 6) is -2.74. The minimum atomic E-state index is -1.22. The number of nitrogens with one attached hydrogen (secondary N) is 3. The number of alkyl carbamates (subject to hydrolysis) is 1. The van der Waals surface area contributed by atoms with Crippen molar-refractivity contribution in [1.29, 1.82) is 0 Å². The molecule has 252 valence electrons. The highest BCUT2D eigenvalue weighted by Gasteiger charge is 2.51. The quantitative estimate of drug-likeness (QED) is 0.114. The van der Waals surface area contributed by atoms with Gasteiger partial charge in [0.15, 0.2) is 18.5 Å². The first kappa shape index (κ1) is 38.5. The van der Waals surface area contributed by atoms with Crippen LogP contribution in [0.1, 0.15) is 67.7 Å². The zero-order chi connectivity index (χ0) is 33.3. The van der Waals surface area contributed by atoms with Crippen LogP contribution in [0.2, 0.25) is 0 Å². The van der Waals surface area contributed by atoms with Crippen LogP contribution in [0.25, 0.3) is 0 Å². The van der Waals surface area contributed by atoms with Crippen LogP contribution in [0.3, 0.4) is 0 Å². The lowest BCUT2D eigenvalue weighted by atomic mass is 9.96. The molecule has 3 amide bonds. The number of hydrogen-bond acceptors (Lipinski definition) is 13. The summed E-state index contributed by atoms with van der Waals surface area (Å²) in [6.07, 6.45) is -3.78. The molecule has 0 spiro atoms. The number of ether oxygens (including phenoxy) is 7. The monoisotopic (exact) mass is 633 g/mol. The fourth-order valence-electron chi connectivity index (χ4n) is 3.99. The Balaban J connectivity index is 2.55. The van der Waals surface area contributed by atoms with Crippen molar-refractivity contribution in [3.63, 3.8) is 0 Å². The summed E-state index contributed by atoms with van der Waals surface area (Å²) in [6, 6.07) is -1.08. The molecular formula is C28H47N3O13. The number of rotatable bonds is 17. The van der Waals surface area contributed by atoms with Crippen LogP contribution in [0.15, 0.2) is 0 Å². The van der Waals surface area contributed by atoms with Crippen LogP contribution >= 0.6 is 0 Å². The van der Waals surface area contributed by atoms with Crippen LogP contribution in [0.4, 0.5) is 4.79 Å². The molecule has 0 radical (unpaired) electrons. The molecule has 5 atom stereocenters. The predicted octanol–water partition coefficient (Wildman–Crippen LogP) is 0.487. The van der Waals surface area contributed by atoms with Gasteiger partial charge < -0.3 is 49.1 Å². The van der Waals surface area contributed by atoms with E-state index in [0.717, 1.165) is 13.8 Å². The number of carbonyl (C=O) groups excluding carboxylic acids is 6. The Labute approximate surface area is 257 Å². The molecule has 0 aliphatic carbocycles. The molecule has 1 aliphatic rings. The van der Waals surface area contributed by atoms with Gasteiger partial charge in [0.25, 0.3) is 0 Å². The van der Waals surface area contributed by atoms with Gasteiger partial charge in [0.2, 0.25) is 11.8 Å². The lowest BCUT2D eigenvalue weighted by Gasteiger charge is -2.44. The molecule has 3 N–H and O–H groups in total. The average Bonchev–Trinajstić information content (AvgIpc) is 2.88. The molecule has 1 aliphatic heterocycles. The van der Waals surface area contributed by atoms with E-state index in [1.165, 1.54) is 13.8 Å². The number of unbranched alkanes of at least 4 members (excludes halogenated alkanes) is 1. The second-order valence-electron chi connectivity index (χ2n) is 10.9. The highest BCUT2D eigenvalue weighted by Crippen LogP contribution is 2.28. The highest BCUT2D eigenvalue weighted by atomic mass is 16.7. The van der Waals surface area contributed by atoms with Gasteiger partial charge in [-0.15, -0.1) is 0 Å². The minimum absolute atomic E-state index is 0.0433. The molecule has 0 bridgehead atoms. The van der Waals surface area contributed by atoms with Crippen LogP contribution in [-0.4, -0.2) is 112 Å². The fourth-order valence-corrected chi connectivity index (χ4v) is 3.99. The van der Waals surface area contributed by atoms with E-state index in [2.05, 4.69) is 16.0 Å². The average molecular weight is 634 g/mol. The summed E-state index contributed by atoms with van der Waals surface area (Å²) in [5.41, 5.74) is -0.565. The van der Waals surface area contributed by atoms with Crippen molar-refractivity contribution in [2.24, 2.45) is 0 Å². The van der Waals surface area contributed by atoms with Gasteiger partial charge in [-0.25, -0.2) is 4.79 Å². The van der Waals surface area contributed by atoms with E-state index >= 15 is 0 Å². The highest BCUT2D eigenvalue weighted by molar-refractivity contribution is 5.76. The van der Waals surface area contributed by atoms with Crippen LogP contribution in [0.5, 0.6) is 0 Å². The molecule has 0 aromatic rings. The second-order valence-corrected chi connectivity index (χ2v) is 10.9. The molecule has 44 heavy (non-hydrogen) atoms. The van der Waals surface area contributed by atoms with E-state index in [-0.39, 0.29) is 38.8 Å². The molecule has 1 rings (SSSR count). The fraction of sp³-hybridized carbons (Fsp3) is 0.786. The van der Waals surface area contributed by atoms with E-state index < -0.39 is 66.2 Å². The third kappa shape index (κ3) is 17.0. The second kappa shape index (κ2) is 19.7. The maximum absolute atomic E-state index is 12.1. The zero-order valence-electron chi connectivity index (χ0n) is 26.6. The summed E-state index contributed by atoms with van der Waals surface area (Å²) >= 11 is 0. The largest absolute Gasteiger partial charge is 0.463 e. The standard InChI is InChI=1S/C28H47N3O13/c1-17(32)31-23-25(42-20(4)35)24(41-19(3)34)21(16-40-18(2)33)43-26(23)39-15-14-38-13-10-22(36)29-11-8-9-12-30-27(37)44-28(5,6)7/h21,23-26H,8-16H2,1-7H3,(H,29,36)(H,30,37)(H,31,32). The van der Waals surface area contributed by atoms with Crippen LogP contribution in [-0.2, 0) is 57.1 Å². The first-order chi connectivity index (χ1) is 20.6. The van der Waals surface area contributed by atoms with Gasteiger partial charge in [-0.3, -0.25) is 24.0 Å². The molecule has 16 heteroatoms. The zero-order valence-corrected chi connectivity index (χ0v) is 26.6. The summed E-state index contributed by atoms with van der Waals surface area (Å²) in [7, 11) is 0. The third-order valence-electron chi connectivity index (χ3n) is 5.65. The minimum Gasteiger partial charge on any atom is -0.463 e. The van der Waals surface area contributed by atoms with Gasteiger partial charge in [-0.05, 0) is 33.6 Å². The van der Waals surface area contributed by atoms with Crippen LogP contribution in [0, 0.1) is 0 Å². The number of hydrogen-bond donors (Lipinski definition) is 3. The molecule has 5 unspecified atom stereocenters. The van der Waals surface area contributed by atoms with Crippen LogP contribution < -0.4 is 16.0 Å². The number of amides is 3. The Bertz CT molecular complexity index is 969. The van der Waals surface area contributed by atoms with Crippen molar-refractivity contribution in [2.45, 2.75) is 104 Å². The van der Waals surface area contributed by atoms with Gasteiger partial charge in [0.05, 0.1) is 19.8 Å². The summed E-state index contributed by atoms with van der Waals surface area (Å²) in [6.45, 7) is 10.7. The van der Waals surface area contributed by atoms with Crippen molar-refractivity contribution in [1.82, 2.24) is 16.0 Å². The lowest BCUT2D eigenvalue weighted by molar-refractivity contribution is -0.279. The van der Waals surface area contributed by atoms with Crippen molar-refractivity contribution >= 4 is 35.8 Å². The maximum Gasteiger partial charge on any atom is 0.407 e. The molecule has 1 fully saturated rings. The van der Waals surface area contributed by atoms with E-state index in [0.29, 0.717) is 25.9 Å². The van der Waals surface area contributed by atoms with Gasteiger partial charge in [-0.1, -0.05) is 0 Å².